The number of halogens is 1. The summed E-state index contributed by atoms with van der Waals surface area (Å²) < 4.78 is 5.32. The van der Waals surface area contributed by atoms with E-state index in [0.29, 0.717) is 6.42 Å². The van der Waals surface area contributed by atoms with Gasteiger partial charge in [0.15, 0.2) is 0 Å². The molecule has 0 bridgehead atoms. The molecule has 0 aromatic carbocycles. The molecule has 1 N–H and O–H groups in total. The van der Waals surface area contributed by atoms with Crippen LogP contribution in [0.5, 0.6) is 0 Å². The van der Waals surface area contributed by atoms with Crippen molar-refractivity contribution in [3.8, 4) is 0 Å². The Morgan fingerprint density at radius 1 is 1.50 bits per heavy atom. The van der Waals surface area contributed by atoms with E-state index in [1.165, 1.54) is 0 Å². The first-order valence-electron chi connectivity index (χ1n) is 4.97. The fraction of sp³-hybridized carbons (Fsp3) is 0.900. The van der Waals surface area contributed by atoms with E-state index in [-0.39, 0.29) is 28.2 Å². The summed E-state index contributed by atoms with van der Waals surface area (Å²) in [6.45, 7) is 3.90. The van der Waals surface area contributed by atoms with Gasteiger partial charge < -0.3 is 9.84 Å². The summed E-state index contributed by atoms with van der Waals surface area (Å²) in [6, 6.07) is 0. The second kappa shape index (κ2) is 3.20. The fourth-order valence-electron chi connectivity index (χ4n) is 2.58. The van der Waals surface area contributed by atoms with Gasteiger partial charge in [-0.15, -0.1) is 0 Å². The molecule has 4 heteroatoms. The van der Waals surface area contributed by atoms with Crippen LogP contribution in [0.4, 0.5) is 0 Å². The standard InChI is InChI=1S/C10H15BrO3/c1-10(2)6-4-7(11)8(12)3-5(6)9(13)14-10/h5-8,12H,3-4H2,1-2H3/t5-,6+,7+,8+/m0/s1. The number of alkyl halides is 1. The minimum atomic E-state index is -0.419. The molecule has 4 atom stereocenters. The van der Waals surface area contributed by atoms with Crippen LogP contribution < -0.4 is 0 Å². The van der Waals surface area contributed by atoms with Gasteiger partial charge in [0.05, 0.1) is 12.0 Å². The molecule has 1 saturated heterocycles. The van der Waals surface area contributed by atoms with E-state index >= 15 is 0 Å². The first kappa shape index (κ1) is 10.4. The van der Waals surface area contributed by atoms with Crippen molar-refractivity contribution in [2.75, 3.05) is 0 Å². The normalized spacial score (nSPS) is 45.9. The molecular weight excluding hydrogens is 248 g/mol. The Kier molecular flexibility index (Phi) is 2.39. The number of carbonyl (C=O) groups is 1. The third-order valence-electron chi connectivity index (χ3n) is 3.44. The Morgan fingerprint density at radius 3 is 2.79 bits per heavy atom. The Labute approximate surface area is 91.9 Å². The van der Waals surface area contributed by atoms with E-state index in [1.54, 1.807) is 0 Å². The van der Waals surface area contributed by atoms with Crippen LogP contribution in [0.15, 0.2) is 0 Å². The van der Waals surface area contributed by atoms with Gasteiger partial charge >= 0.3 is 5.97 Å². The molecule has 0 unspecified atom stereocenters. The van der Waals surface area contributed by atoms with Crippen molar-refractivity contribution in [2.45, 2.75) is 43.2 Å². The minimum absolute atomic E-state index is 0.0949. The average molecular weight is 263 g/mol. The molecule has 3 nitrogen and oxygen atoms in total. The van der Waals surface area contributed by atoms with Crippen LogP contribution in [0.2, 0.25) is 0 Å². The van der Waals surface area contributed by atoms with Gasteiger partial charge in [0.2, 0.25) is 0 Å². The van der Waals surface area contributed by atoms with E-state index in [4.69, 9.17) is 4.74 Å². The van der Waals surface area contributed by atoms with E-state index in [0.717, 1.165) is 6.42 Å². The summed E-state index contributed by atoms with van der Waals surface area (Å²) in [5, 5.41) is 9.66. The van der Waals surface area contributed by atoms with E-state index < -0.39 is 6.10 Å². The number of carbonyl (C=O) groups excluding carboxylic acids is 1. The summed E-state index contributed by atoms with van der Waals surface area (Å²) in [4.78, 5) is 11.6. The molecule has 2 rings (SSSR count). The molecule has 14 heavy (non-hydrogen) atoms. The maximum atomic E-state index is 11.5. The maximum absolute atomic E-state index is 11.5. The smallest absolute Gasteiger partial charge is 0.310 e. The highest BCUT2D eigenvalue weighted by Gasteiger charge is 2.53. The molecule has 2 aliphatic rings. The van der Waals surface area contributed by atoms with Gasteiger partial charge in [-0.25, -0.2) is 0 Å². The van der Waals surface area contributed by atoms with Crippen molar-refractivity contribution in [3.63, 3.8) is 0 Å². The molecule has 0 amide bonds. The van der Waals surface area contributed by atoms with Crippen LogP contribution in [-0.2, 0) is 9.53 Å². The van der Waals surface area contributed by atoms with Crippen molar-refractivity contribution in [1.82, 2.24) is 0 Å². The summed E-state index contributed by atoms with van der Waals surface area (Å²) in [5.41, 5.74) is -0.367. The first-order chi connectivity index (χ1) is 6.42. The number of aliphatic hydroxyl groups excluding tert-OH is 1. The van der Waals surface area contributed by atoms with Crippen molar-refractivity contribution in [1.29, 1.82) is 0 Å². The number of fused-ring (bicyclic) bond motifs is 1. The molecule has 0 aromatic heterocycles. The quantitative estimate of drug-likeness (QED) is 0.532. The number of ether oxygens (including phenoxy) is 1. The van der Waals surface area contributed by atoms with E-state index in [9.17, 15) is 9.90 Å². The third-order valence-corrected chi connectivity index (χ3v) is 4.42. The van der Waals surface area contributed by atoms with Crippen LogP contribution in [-0.4, -0.2) is 27.6 Å². The number of hydrogen-bond acceptors (Lipinski definition) is 3. The number of rotatable bonds is 0. The molecule has 1 heterocycles. The van der Waals surface area contributed by atoms with Crippen molar-refractivity contribution < 1.29 is 14.6 Å². The number of aliphatic hydroxyl groups is 1. The van der Waals surface area contributed by atoms with E-state index in [2.05, 4.69) is 15.9 Å². The Bertz CT molecular complexity index is 264. The van der Waals surface area contributed by atoms with Gasteiger partial charge in [-0.3, -0.25) is 4.79 Å². The Hall–Kier alpha value is -0.0900. The molecule has 0 radical (unpaired) electrons. The fourth-order valence-corrected chi connectivity index (χ4v) is 3.19. The zero-order chi connectivity index (χ0) is 10.5. The minimum Gasteiger partial charge on any atom is -0.459 e. The Morgan fingerprint density at radius 2 is 2.14 bits per heavy atom. The number of hydrogen-bond donors (Lipinski definition) is 1. The lowest BCUT2D eigenvalue weighted by molar-refractivity contribution is -0.149. The highest BCUT2D eigenvalue weighted by atomic mass is 79.9. The lowest BCUT2D eigenvalue weighted by Gasteiger charge is -2.35. The summed E-state index contributed by atoms with van der Waals surface area (Å²) in [7, 11) is 0. The molecule has 0 spiro atoms. The number of esters is 1. The zero-order valence-electron chi connectivity index (χ0n) is 8.37. The van der Waals surface area contributed by atoms with Crippen LogP contribution in [0, 0.1) is 11.8 Å². The van der Waals surface area contributed by atoms with Gasteiger partial charge in [0.25, 0.3) is 0 Å². The van der Waals surface area contributed by atoms with Crippen molar-refractivity contribution >= 4 is 21.9 Å². The summed E-state index contributed by atoms with van der Waals surface area (Å²) >= 11 is 3.44. The summed E-state index contributed by atoms with van der Waals surface area (Å²) in [6.07, 6.45) is 0.922. The van der Waals surface area contributed by atoms with Crippen molar-refractivity contribution in [3.05, 3.63) is 0 Å². The Balaban J connectivity index is 2.22. The highest BCUT2D eigenvalue weighted by molar-refractivity contribution is 9.09. The number of cyclic esters (lactones) is 1. The summed E-state index contributed by atoms with van der Waals surface area (Å²) in [5.74, 6) is -0.00461. The van der Waals surface area contributed by atoms with Crippen LogP contribution in [0.25, 0.3) is 0 Å². The molecular formula is C10H15BrO3. The first-order valence-corrected chi connectivity index (χ1v) is 5.88. The monoisotopic (exact) mass is 262 g/mol. The topological polar surface area (TPSA) is 46.5 Å². The van der Waals surface area contributed by atoms with Gasteiger partial charge in [-0.2, -0.15) is 0 Å². The van der Waals surface area contributed by atoms with Crippen LogP contribution in [0.1, 0.15) is 26.7 Å². The molecule has 1 aliphatic carbocycles. The second-order valence-corrected chi connectivity index (χ2v) is 5.97. The van der Waals surface area contributed by atoms with Crippen LogP contribution >= 0.6 is 15.9 Å². The van der Waals surface area contributed by atoms with E-state index in [1.807, 2.05) is 13.8 Å². The van der Waals surface area contributed by atoms with Gasteiger partial charge in [-0.1, -0.05) is 15.9 Å². The van der Waals surface area contributed by atoms with Crippen molar-refractivity contribution in [2.24, 2.45) is 11.8 Å². The molecule has 1 saturated carbocycles. The lowest BCUT2D eigenvalue weighted by Crippen LogP contribution is -2.41. The molecule has 0 aromatic rings. The molecule has 1 aliphatic heterocycles. The highest BCUT2D eigenvalue weighted by Crippen LogP contribution is 2.47. The third kappa shape index (κ3) is 1.48. The predicted octanol–water partition coefficient (Wildman–Crippen LogP) is 1.47. The van der Waals surface area contributed by atoms with Gasteiger partial charge in [0, 0.05) is 10.7 Å². The van der Waals surface area contributed by atoms with Gasteiger partial charge in [0.1, 0.15) is 5.60 Å². The largest absolute Gasteiger partial charge is 0.459 e. The second-order valence-electron chi connectivity index (χ2n) is 4.79. The molecule has 2 fully saturated rings. The zero-order valence-corrected chi connectivity index (χ0v) is 9.95. The lowest BCUT2D eigenvalue weighted by atomic mass is 9.73. The SMILES string of the molecule is CC1(C)OC(=O)[C@H]2C[C@@H](O)[C@H](Br)C[C@H]21. The average Bonchev–Trinajstić information content (AvgIpc) is 2.26. The maximum Gasteiger partial charge on any atom is 0.310 e. The van der Waals surface area contributed by atoms with Crippen LogP contribution in [0.3, 0.4) is 0 Å². The predicted molar refractivity (Wildman–Crippen MR) is 55.1 cm³/mol. The molecule has 80 valence electrons. The van der Waals surface area contributed by atoms with Gasteiger partial charge in [-0.05, 0) is 26.7 Å².